The van der Waals surface area contributed by atoms with Crippen molar-refractivity contribution in [3.8, 4) is 11.8 Å². The van der Waals surface area contributed by atoms with Crippen LogP contribution in [0.2, 0.25) is 10.0 Å². The standard InChI is InChI=1S/C28H23Cl2N3O5/c1-16-5-4-6-24(17(16)2)33-25(34)15-38-26-22(29)12-18(13-23(26)30)11-20(14-31)27(35)32-21-9-7-19(8-10-21)28(36)37-3/h4-13H,15H2,1-3H3,(H,32,35)(H,33,34)/b20-11-. The van der Waals surface area contributed by atoms with Crippen LogP contribution in [-0.4, -0.2) is 31.5 Å². The maximum absolute atomic E-state index is 12.6. The first kappa shape index (κ1) is 28.3. The highest BCUT2D eigenvalue weighted by Crippen LogP contribution is 2.35. The summed E-state index contributed by atoms with van der Waals surface area (Å²) >= 11 is 12.6. The average Bonchev–Trinajstić information content (AvgIpc) is 2.89. The molecule has 0 unspecified atom stereocenters. The molecular weight excluding hydrogens is 529 g/mol. The molecule has 3 aromatic carbocycles. The number of rotatable bonds is 8. The number of nitrogens with one attached hydrogen (secondary N) is 2. The SMILES string of the molecule is COC(=O)c1ccc(NC(=O)/C(C#N)=C\c2cc(Cl)c(OCC(=O)Nc3cccc(C)c3C)c(Cl)c2)cc1. The molecule has 3 aromatic rings. The van der Waals surface area contributed by atoms with E-state index >= 15 is 0 Å². The highest BCUT2D eigenvalue weighted by molar-refractivity contribution is 6.37. The molecule has 0 radical (unpaired) electrons. The summed E-state index contributed by atoms with van der Waals surface area (Å²) in [5.41, 5.74) is 3.52. The number of nitriles is 1. The van der Waals surface area contributed by atoms with E-state index in [1.165, 1.54) is 49.6 Å². The molecule has 0 saturated heterocycles. The summed E-state index contributed by atoms with van der Waals surface area (Å²) < 4.78 is 10.2. The summed E-state index contributed by atoms with van der Waals surface area (Å²) in [5, 5.41) is 15.1. The fourth-order valence-electron chi connectivity index (χ4n) is 3.33. The van der Waals surface area contributed by atoms with Gasteiger partial charge in [0.05, 0.1) is 22.7 Å². The number of hydrogen-bond donors (Lipinski definition) is 2. The molecule has 0 atom stereocenters. The van der Waals surface area contributed by atoms with Crippen LogP contribution in [0.4, 0.5) is 11.4 Å². The van der Waals surface area contributed by atoms with Gasteiger partial charge in [-0.05, 0) is 79.1 Å². The zero-order chi connectivity index (χ0) is 27.8. The van der Waals surface area contributed by atoms with E-state index in [1.807, 2.05) is 32.0 Å². The van der Waals surface area contributed by atoms with Crippen LogP contribution < -0.4 is 15.4 Å². The highest BCUT2D eigenvalue weighted by atomic mass is 35.5. The fraction of sp³-hybridized carbons (Fsp3) is 0.143. The fourth-order valence-corrected chi connectivity index (χ4v) is 3.95. The molecule has 0 aliphatic carbocycles. The Morgan fingerprint density at radius 2 is 1.66 bits per heavy atom. The van der Waals surface area contributed by atoms with Gasteiger partial charge in [0.2, 0.25) is 0 Å². The predicted octanol–water partition coefficient (Wildman–Crippen LogP) is 5.96. The lowest BCUT2D eigenvalue weighted by Crippen LogP contribution is -2.21. The molecule has 0 aliphatic heterocycles. The quantitative estimate of drug-likeness (QED) is 0.202. The van der Waals surface area contributed by atoms with Gasteiger partial charge >= 0.3 is 5.97 Å². The summed E-state index contributed by atoms with van der Waals surface area (Å²) in [6.07, 6.45) is 1.31. The highest BCUT2D eigenvalue weighted by Gasteiger charge is 2.15. The van der Waals surface area contributed by atoms with Crippen LogP contribution >= 0.6 is 23.2 Å². The van der Waals surface area contributed by atoms with Crippen molar-refractivity contribution in [3.63, 3.8) is 0 Å². The van der Waals surface area contributed by atoms with Gasteiger partial charge in [-0.3, -0.25) is 9.59 Å². The smallest absolute Gasteiger partial charge is 0.337 e. The maximum Gasteiger partial charge on any atom is 0.337 e. The van der Waals surface area contributed by atoms with Gasteiger partial charge in [-0.25, -0.2) is 4.79 Å². The number of carbonyl (C=O) groups excluding carboxylic acids is 3. The first-order valence-electron chi connectivity index (χ1n) is 11.2. The molecule has 2 N–H and O–H groups in total. The maximum atomic E-state index is 12.6. The number of carbonyl (C=O) groups is 3. The minimum atomic E-state index is -0.672. The second-order valence-electron chi connectivity index (χ2n) is 8.09. The Balaban J connectivity index is 1.68. The number of esters is 1. The van der Waals surface area contributed by atoms with E-state index in [0.29, 0.717) is 22.5 Å². The van der Waals surface area contributed by atoms with Crippen LogP contribution in [0.1, 0.15) is 27.0 Å². The normalized spacial score (nSPS) is 10.8. The van der Waals surface area contributed by atoms with Gasteiger partial charge in [0.15, 0.2) is 12.4 Å². The molecule has 2 amide bonds. The second-order valence-corrected chi connectivity index (χ2v) is 8.91. The van der Waals surface area contributed by atoms with Crippen LogP contribution in [0.25, 0.3) is 6.08 Å². The van der Waals surface area contributed by atoms with E-state index in [1.54, 1.807) is 6.07 Å². The van der Waals surface area contributed by atoms with Crippen molar-refractivity contribution in [3.05, 3.63) is 92.5 Å². The molecule has 0 fully saturated rings. The Kier molecular flexibility index (Phi) is 9.49. The Labute approximate surface area is 229 Å². The molecule has 0 heterocycles. The first-order chi connectivity index (χ1) is 18.1. The number of methoxy groups -OCH3 is 1. The summed E-state index contributed by atoms with van der Waals surface area (Å²) in [6.45, 7) is 3.52. The van der Waals surface area contributed by atoms with Gasteiger partial charge in [-0.2, -0.15) is 5.26 Å². The topological polar surface area (TPSA) is 118 Å². The lowest BCUT2D eigenvalue weighted by molar-refractivity contribution is -0.118. The van der Waals surface area contributed by atoms with Gasteiger partial charge in [-0.1, -0.05) is 35.3 Å². The van der Waals surface area contributed by atoms with Crippen LogP contribution in [0, 0.1) is 25.2 Å². The summed E-state index contributed by atoms with van der Waals surface area (Å²) in [5.74, 6) is -1.48. The number of ether oxygens (including phenoxy) is 2. The lowest BCUT2D eigenvalue weighted by Gasteiger charge is -2.13. The van der Waals surface area contributed by atoms with E-state index < -0.39 is 17.8 Å². The third-order valence-corrected chi connectivity index (χ3v) is 6.05. The minimum absolute atomic E-state index is 0.0928. The molecule has 3 rings (SSSR count). The minimum Gasteiger partial charge on any atom is -0.481 e. The van der Waals surface area contributed by atoms with Crippen molar-refractivity contribution < 1.29 is 23.9 Å². The van der Waals surface area contributed by atoms with Crippen molar-refractivity contribution in [2.45, 2.75) is 13.8 Å². The van der Waals surface area contributed by atoms with Gasteiger partial charge < -0.3 is 20.1 Å². The van der Waals surface area contributed by atoms with Gasteiger partial charge in [-0.15, -0.1) is 0 Å². The van der Waals surface area contributed by atoms with Gasteiger partial charge in [0, 0.05) is 11.4 Å². The Bertz CT molecular complexity index is 1440. The monoisotopic (exact) mass is 551 g/mol. The third kappa shape index (κ3) is 7.13. The van der Waals surface area contributed by atoms with Crippen molar-refractivity contribution in [1.29, 1.82) is 5.26 Å². The first-order valence-corrected chi connectivity index (χ1v) is 12.0. The van der Waals surface area contributed by atoms with Gasteiger partial charge in [0.25, 0.3) is 11.8 Å². The summed E-state index contributed by atoms with van der Waals surface area (Å²) in [7, 11) is 1.27. The molecule has 8 nitrogen and oxygen atoms in total. The van der Waals surface area contributed by atoms with Crippen molar-refractivity contribution >= 4 is 58.4 Å². The number of hydrogen-bond acceptors (Lipinski definition) is 6. The van der Waals surface area contributed by atoms with Crippen LogP contribution in [0.15, 0.2) is 60.2 Å². The largest absolute Gasteiger partial charge is 0.481 e. The molecule has 0 bridgehead atoms. The zero-order valence-corrected chi connectivity index (χ0v) is 22.2. The van der Waals surface area contributed by atoms with Crippen molar-refractivity contribution in [1.82, 2.24) is 0 Å². The molecule has 194 valence electrons. The average molecular weight is 552 g/mol. The second kappa shape index (κ2) is 12.8. The third-order valence-electron chi connectivity index (χ3n) is 5.49. The number of benzene rings is 3. The molecule has 0 saturated carbocycles. The summed E-state index contributed by atoms with van der Waals surface area (Å²) in [4.78, 5) is 36.5. The van der Waals surface area contributed by atoms with E-state index in [-0.39, 0.29) is 28.0 Å². The Morgan fingerprint density at radius 3 is 2.26 bits per heavy atom. The molecule has 0 aromatic heterocycles. The number of aryl methyl sites for hydroxylation is 1. The molecule has 0 spiro atoms. The van der Waals surface area contributed by atoms with E-state index in [2.05, 4.69) is 15.4 Å². The van der Waals surface area contributed by atoms with Crippen LogP contribution in [0.5, 0.6) is 5.75 Å². The zero-order valence-electron chi connectivity index (χ0n) is 20.7. The van der Waals surface area contributed by atoms with E-state index in [0.717, 1.165) is 11.1 Å². The predicted molar refractivity (Wildman–Crippen MR) is 147 cm³/mol. The van der Waals surface area contributed by atoms with E-state index in [9.17, 15) is 19.6 Å². The van der Waals surface area contributed by atoms with Gasteiger partial charge in [0.1, 0.15) is 11.6 Å². The number of halogens is 2. The van der Waals surface area contributed by atoms with Crippen molar-refractivity contribution in [2.24, 2.45) is 0 Å². The van der Waals surface area contributed by atoms with Crippen molar-refractivity contribution in [2.75, 3.05) is 24.4 Å². The molecule has 10 heteroatoms. The van der Waals surface area contributed by atoms with E-state index in [4.69, 9.17) is 27.9 Å². The number of amides is 2. The molecule has 0 aliphatic rings. The Hall–Kier alpha value is -4.32. The molecular formula is C28H23Cl2N3O5. The van der Waals surface area contributed by atoms with Crippen LogP contribution in [-0.2, 0) is 14.3 Å². The summed E-state index contributed by atoms with van der Waals surface area (Å²) in [6, 6.07) is 16.3. The lowest BCUT2D eigenvalue weighted by atomic mass is 10.1. The molecule has 38 heavy (non-hydrogen) atoms. The number of nitrogens with zero attached hydrogens (tertiary/aromatic N) is 1. The number of anilines is 2. The Morgan fingerprint density at radius 1 is 1.00 bits per heavy atom. The van der Waals surface area contributed by atoms with Crippen LogP contribution in [0.3, 0.4) is 0 Å².